The second-order valence-electron chi connectivity index (χ2n) is 7.90. The van der Waals surface area contributed by atoms with Crippen LogP contribution in [0.4, 0.5) is 10.3 Å². The number of fused-ring (bicyclic) bond motifs is 1. The molecule has 1 aromatic heterocycles. The molecule has 0 radical (unpaired) electrons. The predicted octanol–water partition coefficient (Wildman–Crippen LogP) is 3.56. The van der Waals surface area contributed by atoms with Crippen LogP contribution in [0.25, 0.3) is 11.0 Å². The minimum absolute atomic E-state index is 0.0224. The summed E-state index contributed by atoms with van der Waals surface area (Å²) in [6.07, 6.45) is 1.40. The van der Waals surface area contributed by atoms with E-state index in [9.17, 15) is 14.0 Å². The topological polar surface area (TPSA) is 96.6 Å². The summed E-state index contributed by atoms with van der Waals surface area (Å²) >= 11 is 0. The molecule has 0 aliphatic carbocycles. The average molecular weight is 440 g/mol. The number of ether oxygens (including phenoxy) is 2. The minimum atomic E-state index is -0.403. The van der Waals surface area contributed by atoms with Crippen molar-refractivity contribution in [3.63, 3.8) is 0 Å². The molecule has 9 heteroatoms. The molecule has 1 aliphatic heterocycles. The van der Waals surface area contributed by atoms with Gasteiger partial charge in [-0.2, -0.15) is 0 Å². The van der Waals surface area contributed by atoms with Gasteiger partial charge in [0, 0.05) is 50.1 Å². The number of aromatic amines is 1. The lowest BCUT2D eigenvalue weighted by Gasteiger charge is -2.23. The molecular formula is C23H25FN4O4. The highest BCUT2D eigenvalue weighted by atomic mass is 19.1. The van der Waals surface area contributed by atoms with E-state index in [0.717, 1.165) is 0 Å². The minimum Gasteiger partial charge on any atom is -0.494 e. The molecule has 1 saturated heterocycles. The zero-order valence-electron chi connectivity index (χ0n) is 18.2. The van der Waals surface area contributed by atoms with Gasteiger partial charge in [0.2, 0.25) is 5.95 Å². The van der Waals surface area contributed by atoms with Crippen LogP contribution in [0.3, 0.4) is 0 Å². The summed E-state index contributed by atoms with van der Waals surface area (Å²) < 4.78 is 25.7. The number of hydrogen-bond donors (Lipinski definition) is 2. The number of imidazole rings is 1. The van der Waals surface area contributed by atoms with E-state index in [1.807, 2.05) is 0 Å². The molecule has 32 heavy (non-hydrogen) atoms. The van der Waals surface area contributed by atoms with Crippen molar-refractivity contribution in [2.24, 2.45) is 0 Å². The van der Waals surface area contributed by atoms with Gasteiger partial charge in [0.1, 0.15) is 22.6 Å². The van der Waals surface area contributed by atoms with E-state index in [1.165, 1.54) is 18.1 Å². The van der Waals surface area contributed by atoms with Gasteiger partial charge in [-0.15, -0.1) is 0 Å². The lowest BCUT2D eigenvalue weighted by Crippen LogP contribution is -2.21. The molecule has 4 rings (SSSR count). The zero-order valence-corrected chi connectivity index (χ0v) is 18.2. The summed E-state index contributed by atoms with van der Waals surface area (Å²) in [4.78, 5) is 33.7. The van der Waals surface area contributed by atoms with Crippen LogP contribution in [0.1, 0.15) is 45.0 Å². The van der Waals surface area contributed by atoms with Crippen LogP contribution >= 0.6 is 0 Å². The number of methoxy groups -OCH3 is 1. The van der Waals surface area contributed by atoms with Crippen molar-refractivity contribution >= 4 is 28.8 Å². The van der Waals surface area contributed by atoms with Crippen molar-refractivity contribution in [3.8, 4) is 5.75 Å². The van der Waals surface area contributed by atoms with E-state index in [2.05, 4.69) is 15.3 Å². The largest absolute Gasteiger partial charge is 0.494 e. The highest BCUT2D eigenvalue weighted by molar-refractivity contribution is 6.05. The van der Waals surface area contributed by atoms with Crippen LogP contribution in [0.5, 0.6) is 5.75 Å². The van der Waals surface area contributed by atoms with Crippen molar-refractivity contribution < 1.29 is 23.5 Å². The fraction of sp³-hybridized carbons (Fsp3) is 0.348. The van der Waals surface area contributed by atoms with Gasteiger partial charge in [-0.3, -0.25) is 14.9 Å². The molecule has 0 saturated carbocycles. The molecule has 2 N–H and O–H groups in total. The molecule has 1 aliphatic rings. The number of benzene rings is 2. The second kappa shape index (κ2) is 8.96. The number of nitrogens with zero attached hydrogens (tertiary/aromatic N) is 2. The molecule has 8 nitrogen and oxygen atoms in total. The van der Waals surface area contributed by atoms with Crippen molar-refractivity contribution in [1.82, 2.24) is 14.9 Å². The third kappa shape index (κ3) is 4.16. The summed E-state index contributed by atoms with van der Waals surface area (Å²) in [6.45, 7) is 1.13. The van der Waals surface area contributed by atoms with Crippen LogP contribution in [-0.4, -0.2) is 61.1 Å². The van der Waals surface area contributed by atoms with Crippen LogP contribution in [0.2, 0.25) is 0 Å². The van der Waals surface area contributed by atoms with Crippen LogP contribution in [-0.2, 0) is 4.74 Å². The van der Waals surface area contributed by atoms with E-state index in [4.69, 9.17) is 9.47 Å². The number of aromatic nitrogens is 2. The van der Waals surface area contributed by atoms with Gasteiger partial charge in [-0.05, 0) is 43.0 Å². The standard InChI is InChI=1S/C23H25FN4O4/c1-28(2)22(30)15-6-4-14(5-7-15)21(29)27-23-25-19-17(31-3)12-16(24)18(20(19)26-23)13-8-10-32-11-9-13/h4-7,12-13H,8-11H2,1-3H3,(H2,25,26,27,29). The van der Waals surface area contributed by atoms with Gasteiger partial charge in [0.05, 0.1) is 7.11 Å². The van der Waals surface area contributed by atoms with Crippen molar-refractivity contribution in [3.05, 3.63) is 52.8 Å². The molecule has 0 bridgehead atoms. The Labute approximate surface area is 184 Å². The van der Waals surface area contributed by atoms with Crippen molar-refractivity contribution in [2.75, 3.05) is 39.7 Å². The smallest absolute Gasteiger partial charge is 0.257 e. The molecule has 168 valence electrons. The van der Waals surface area contributed by atoms with E-state index in [1.54, 1.807) is 38.4 Å². The summed E-state index contributed by atoms with van der Waals surface area (Å²) in [5, 5.41) is 2.72. The Hall–Kier alpha value is -3.46. The fourth-order valence-corrected chi connectivity index (χ4v) is 3.92. The third-order valence-electron chi connectivity index (χ3n) is 5.60. The Balaban J connectivity index is 1.63. The first kappa shape index (κ1) is 21.8. The summed E-state index contributed by atoms with van der Waals surface area (Å²) in [5.41, 5.74) is 2.32. The predicted molar refractivity (Wildman–Crippen MR) is 118 cm³/mol. The number of anilines is 1. The van der Waals surface area contributed by atoms with E-state index >= 15 is 0 Å². The molecule has 2 heterocycles. The number of rotatable bonds is 5. The highest BCUT2D eigenvalue weighted by Crippen LogP contribution is 2.38. The Morgan fingerprint density at radius 2 is 1.84 bits per heavy atom. The first-order valence-corrected chi connectivity index (χ1v) is 10.4. The Morgan fingerprint density at radius 3 is 2.47 bits per heavy atom. The Morgan fingerprint density at radius 1 is 1.19 bits per heavy atom. The van der Waals surface area contributed by atoms with Gasteiger partial charge < -0.3 is 19.4 Å². The Bertz CT molecular complexity index is 1150. The second-order valence-corrected chi connectivity index (χ2v) is 7.90. The van der Waals surface area contributed by atoms with Crippen LogP contribution in [0, 0.1) is 5.82 Å². The SMILES string of the molecule is COc1cc(F)c(C2CCOCC2)c2nc(NC(=O)c3ccc(C(=O)N(C)C)cc3)[nH]c12. The lowest BCUT2D eigenvalue weighted by molar-refractivity contribution is 0.0826. The highest BCUT2D eigenvalue weighted by Gasteiger charge is 2.26. The van der Waals surface area contributed by atoms with Gasteiger partial charge in [0.25, 0.3) is 11.8 Å². The first-order valence-electron chi connectivity index (χ1n) is 10.4. The fourth-order valence-electron chi connectivity index (χ4n) is 3.92. The number of amides is 2. The molecule has 0 unspecified atom stereocenters. The van der Waals surface area contributed by atoms with Gasteiger partial charge in [-0.1, -0.05) is 0 Å². The normalized spacial score (nSPS) is 14.4. The number of halogens is 1. The third-order valence-corrected chi connectivity index (χ3v) is 5.60. The molecule has 2 amide bonds. The van der Waals surface area contributed by atoms with E-state index < -0.39 is 5.91 Å². The number of carbonyl (C=O) groups excluding carboxylic acids is 2. The Kier molecular flexibility index (Phi) is 6.09. The number of carbonyl (C=O) groups is 2. The van der Waals surface area contributed by atoms with E-state index in [0.29, 0.717) is 59.5 Å². The van der Waals surface area contributed by atoms with Crippen molar-refractivity contribution in [2.45, 2.75) is 18.8 Å². The summed E-state index contributed by atoms with van der Waals surface area (Å²) in [5.74, 6) is -0.454. The van der Waals surface area contributed by atoms with Gasteiger partial charge in [-0.25, -0.2) is 9.37 Å². The molecule has 3 aromatic rings. The molecule has 0 atom stereocenters. The van der Waals surface area contributed by atoms with Crippen LogP contribution in [0.15, 0.2) is 30.3 Å². The van der Waals surface area contributed by atoms with Gasteiger partial charge in [0.15, 0.2) is 0 Å². The maximum Gasteiger partial charge on any atom is 0.257 e. The summed E-state index contributed by atoms with van der Waals surface area (Å²) in [6, 6.07) is 7.68. The maximum atomic E-state index is 15.0. The first-order chi connectivity index (χ1) is 15.4. The van der Waals surface area contributed by atoms with Crippen LogP contribution < -0.4 is 10.1 Å². The number of nitrogens with one attached hydrogen (secondary N) is 2. The monoisotopic (exact) mass is 440 g/mol. The number of H-pyrrole nitrogens is 1. The molecule has 1 fully saturated rings. The molecule has 2 aromatic carbocycles. The summed E-state index contributed by atoms with van der Waals surface area (Å²) in [7, 11) is 4.78. The maximum absolute atomic E-state index is 15.0. The van der Waals surface area contributed by atoms with E-state index in [-0.39, 0.29) is 23.6 Å². The molecular weight excluding hydrogens is 415 g/mol. The molecule has 0 spiro atoms. The lowest BCUT2D eigenvalue weighted by atomic mass is 9.90. The zero-order chi connectivity index (χ0) is 22.8. The quantitative estimate of drug-likeness (QED) is 0.632. The van der Waals surface area contributed by atoms with Gasteiger partial charge >= 0.3 is 0 Å². The van der Waals surface area contributed by atoms with Crippen molar-refractivity contribution in [1.29, 1.82) is 0 Å². The average Bonchev–Trinajstić information content (AvgIpc) is 3.21. The number of hydrogen-bond acceptors (Lipinski definition) is 5.